The Morgan fingerprint density at radius 1 is 1.21 bits per heavy atom. The summed E-state index contributed by atoms with van der Waals surface area (Å²) in [6.45, 7) is 3.13. The molecule has 5 nitrogen and oxygen atoms in total. The fraction of sp³-hybridized carbons (Fsp3) is 0.348. The second-order valence-electron chi connectivity index (χ2n) is 7.90. The van der Waals surface area contributed by atoms with Crippen molar-refractivity contribution in [3.8, 4) is 11.5 Å². The number of aryl methyl sites for hydroxylation is 1. The van der Waals surface area contributed by atoms with Crippen molar-refractivity contribution in [1.82, 2.24) is 10.3 Å². The Labute approximate surface area is 164 Å². The first-order chi connectivity index (χ1) is 13.7. The lowest BCUT2D eigenvalue weighted by molar-refractivity contribution is 0.0789. The number of nitrogens with one attached hydrogen (secondary N) is 2. The first-order valence-corrected chi connectivity index (χ1v) is 9.97. The molecule has 28 heavy (non-hydrogen) atoms. The van der Waals surface area contributed by atoms with Gasteiger partial charge in [-0.25, -0.2) is 0 Å². The third-order valence-corrected chi connectivity index (χ3v) is 5.75. The van der Waals surface area contributed by atoms with Crippen LogP contribution in [0.1, 0.15) is 35.0 Å². The molecule has 0 radical (unpaired) electrons. The van der Waals surface area contributed by atoms with Crippen molar-refractivity contribution >= 4 is 16.8 Å². The minimum absolute atomic E-state index is 0.0804. The van der Waals surface area contributed by atoms with Crippen LogP contribution >= 0.6 is 0 Å². The molecule has 0 fully saturated rings. The van der Waals surface area contributed by atoms with E-state index in [1.807, 2.05) is 42.5 Å². The third-order valence-electron chi connectivity index (χ3n) is 5.75. The highest BCUT2D eigenvalue weighted by Crippen LogP contribution is 2.32. The molecule has 3 aromatic rings. The number of aromatic nitrogens is 1. The van der Waals surface area contributed by atoms with Gasteiger partial charge in [0.25, 0.3) is 5.91 Å². The topological polar surface area (TPSA) is 63.4 Å². The number of benzene rings is 2. The maximum absolute atomic E-state index is 12.7. The van der Waals surface area contributed by atoms with Crippen molar-refractivity contribution < 1.29 is 14.3 Å². The van der Waals surface area contributed by atoms with Crippen molar-refractivity contribution in [2.24, 2.45) is 5.92 Å². The van der Waals surface area contributed by atoms with Crippen LogP contribution in [0.2, 0.25) is 0 Å². The SMILES string of the molecule is C[C@@H]1CCc2[nH]c3ccc(C(=O)NC[C@@H]4COc5ccccc5O4)cc3c2C1. The van der Waals surface area contributed by atoms with Gasteiger partial charge in [-0.2, -0.15) is 0 Å². The van der Waals surface area contributed by atoms with Crippen LogP contribution in [0.4, 0.5) is 0 Å². The molecule has 0 saturated heterocycles. The first-order valence-electron chi connectivity index (χ1n) is 9.97. The van der Waals surface area contributed by atoms with Gasteiger partial charge >= 0.3 is 0 Å². The van der Waals surface area contributed by atoms with Crippen LogP contribution in [0, 0.1) is 5.92 Å². The number of aromatic amines is 1. The summed E-state index contributed by atoms with van der Waals surface area (Å²) in [4.78, 5) is 16.2. The third kappa shape index (κ3) is 3.11. The smallest absolute Gasteiger partial charge is 0.251 e. The van der Waals surface area contributed by atoms with Gasteiger partial charge in [-0.1, -0.05) is 19.1 Å². The number of para-hydroxylation sites is 2. The summed E-state index contributed by atoms with van der Waals surface area (Å²) in [6, 6.07) is 13.5. The normalized spacial score (nSPS) is 20.6. The average molecular weight is 376 g/mol. The Kier molecular flexibility index (Phi) is 4.23. The van der Waals surface area contributed by atoms with Gasteiger partial charge in [0.2, 0.25) is 0 Å². The van der Waals surface area contributed by atoms with Gasteiger partial charge in [-0.15, -0.1) is 0 Å². The summed E-state index contributed by atoms with van der Waals surface area (Å²) < 4.78 is 11.6. The van der Waals surface area contributed by atoms with Crippen LogP contribution in [0.3, 0.4) is 0 Å². The molecule has 2 N–H and O–H groups in total. The Morgan fingerprint density at radius 2 is 2.07 bits per heavy atom. The second kappa shape index (κ2) is 6.89. The molecule has 2 heterocycles. The molecule has 2 atom stereocenters. The fourth-order valence-electron chi connectivity index (χ4n) is 4.20. The van der Waals surface area contributed by atoms with E-state index in [0.29, 0.717) is 24.6 Å². The van der Waals surface area contributed by atoms with Gasteiger partial charge < -0.3 is 19.8 Å². The van der Waals surface area contributed by atoms with Crippen molar-refractivity contribution in [3.63, 3.8) is 0 Å². The fourth-order valence-corrected chi connectivity index (χ4v) is 4.20. The van der Waals surface area contributed by atoms with Gasteiger partial charge in [0.1, 0.15) is 12.7 Å². The molecule has 0 unspecified atom stereocenters. The van der Waals surface area contributed by atoms with Gasteiger partial charge in [0.15, 0.2) is 11.5 Å². The zero-order valence-electron chi connectivity index (χ0n) is 16.0. The molecule has 0 bridgehead atoms. The molecular weight excluding hydrogens is 352 g/mol. The number of hydrogen-bond acceptors (Lipinski definition) is 3. The lowest BCUT2D eigenvalue weighted by Gasteiger charge is -2.26. The largest absolute Gasteiger partial charge is 0.486 e. The molecule has 2 aliphatic rings. The van der Waals surface area contributed by atoms with E-state index in [9.17, 15) is 4.79 Å². The monoisotopic (exact) mass is 376 g/mol. The van der Waals surface area contributed by atoms with Crippen LogP contribution < -0.4 is 14.8 Å². The number of fused-ring (bicyclic) bond motifs is 4. The Balaban J connectivity index is 1.29. The average Bonchev–Trinajstić information content (AvgIpc) is 3.09. The van der Waals surface area contributed by atoms with Crippen molar-refractivity contribution in [2.45, 2.75) is 32.3 Å². The number of H-pyrrole nitrogens is 1. The molecule has 5 heteroatoms. The molecule has 0 spiro atoms. The molecule has 1 aliphatic heterocycles. The quantitative estimate of drug-likeness (QED) is 0.730. The highest BCUT2D eigenvalue weighted by molar-refractivity contribution is 5.99. The van der Waals surface area contributed by atoms with Crippen molar-refractivity contribution in [3.05, 3.63) is 59.3 Å². The molecule has 1 amide bonds. The second-order valence-corrected chi connectivity index (χ2v) is 7.90. The van der Waals surface area contributed by atoms with Crippen LogP contribution in [-0.2, 0) is 12.8 Å². The number of carbonyl (C=O) groups is 1. The minimum atomic E-state index is -0.191. The number of carbonyl (C=O) groups excluding carboxylic acids is 1. The van der Waals surface area contributed by atoms with E-state index < -0.39 is 0 Å². The molecule has 1 aliphatic carbocycles. The van der Waals surface area contributed by atoms with Crippen LogP contribution in [-0.4, -0.2) is 30.1 Å². The Bertz CT molecular complexity index is 1040. The van der Waals surface area contributed by atoms with Gasteiger partial charge in [-0.3, -0.25) is 4.79 Å². The van der Waals surface area contributed by atoms with Gasteiger partial charge in [0, 0.05) is 22.2 Å². The molecule has 0 saturated carbocycles. The van der Waals surface area contributed by atoms with E-state index in [2.05, 4.69) is 17.2 Å². The predicted octanol–water partition coefficient (Wildman–Crippen LogP) is 3.86. The van der Waals surface area contributed by atoms with E-state index in [1.54, 1.807) is 0 Å². The van der Waals surface area contributed by atoms with Crippen LogP contribution in [0.15, 0.2) is 42.5 Å². The molecule has 144 valence electrons. The van der Waals surface area contributed by atoms with Gasteiger partial charge in [-0.05, 0) is 61.1 Å². The summed E-state index contributed by atoms with van der Waals surface area (Å²) in [5.41, 5.74) is 4.52. The van der Waals surface area contributed by atoms with Crippen LogP contribution in [0.5, 0.6) is 11.5 Å². The van der Waals surface area contributed by atoms with E-state index in [1.165, 1.54) is 23.1 Å². The van der Waals surface area contributed by atoms with Crippen molar-refractivity contribution in [2.75, 3.05) is 13.2 Å². The van der Waals surface area contributed by atoms with E-state index in [0.717, 1.165) is 29.9 Å². The highest BCUT2D eigenvalue weighted by atomic mass is 16.6. The molecule has 2 aromatic carbocycles. The Morgan fingerprint density at radius 3 is 2.96 bits per heavy atom. The number of ether oxygens (including phenoxy) is 2. The maximum Gasteiger partial charge on any atom is 0.251 e. The summed E-state index contributed by atoms with van der Waals surface area (Å²) in [7, 11) is 0. The zero-order valence-corrected chi connectivity index (χ0v) is 16.0. The van der Waals surface area contributed by atoms with Crippen molar-refractivity contribution in [1.29, 1.82) is 0 Å². The standard InChI is InChI=1S/C23H24N2O3/c1-14-6-8-19-17(10-14)18-11-15(7-9-20(18)25-19)23(26)24-12-16-13-27-21-4-2-3-5-22(21)28-16/h2-5,7,9,11,14,16,25H,6,8,10,12-13H2,1H3,(H,24,26)/t14-,16-/m1/s1. The number of hydrogen-bond donors (Lipinski definition) is 2. The summed E-state index contributed by atoms with van der Waals surface area (Å²) >= 11 is 0. The number of amides is 1. The summed E-state index contributed by atoms with van der Waals surface area (Å²) in [5.74, 6) is 2.09. The Hall–Kier alpha value is -2.95. The van der Waals surface area contributed by atoms with E-state index in [-0.39, 0.29) is 12.0 Å². The maximum atomic E-state index is 12.7. The highest BCUT2D eigenvalue weighted by Gasteiger charge is 2.23. The van der Waals surface area contributed by atoms with E-state index in [4.69, 9.17) is 9.47 Å². The lowest BCUT2D eigenvalue weighted by atomic mass is 9.87. The summed E-state index contributed by atoms with van der Waals surface area (Å²) in [6.07, 6.45) is 3.20. The predicted molar refractivity (Wildman–Crippen MR) is 108 cm³/mol. The molecule has 5 rings (SSSR count). The minimum Gasteiger partial charge on any atom is -0.486 e. The molecule has 1 aromatic heterocycles. The van der Waals surface area contributed by atoms with Crippen LogP contribution in [0.25, 0.3) is 10.9 Å². The van der Waals surface area contributed by atoms with E-state index >= 15 is 0 Å². The number of rotatable bonds is 3. The zero-order chi connectivity index (χ0) is 19.1. The lowest BCUT2D eigenvalue weighted by Crippen LogP contribution is -2.40. The first kappa shape index (κ1) is 17.2. The van der Waals surface area contributed by atoms with Gasteiger partial charge in [0.05, 0.1) is 6.54 Å². The summed E-state index contributed by atoms with van der Waals surface area (Å²) in [5, 5.41) is 4.17. The molecular formula is C23H24N2O3.